The predicted molar refractivity (Wildman–Crippen MR) is 93.7 cm³/mol. The van der Waals surface area contributed by atoms with Gasteiger partial charge in [-0.1, -0.05) is 49.6 Å². The number of nitrogens with zero attached hydrogens (tertiary/aromatic N) is 2. The number of aryl methyl sites for hydroxylation is 1. The molecule has 1 unspecified atom stereocenters. The van der Waals surface area contributed by atoms with Crippen molar-refractivity contribution in [2.75, 3.05) is 6.61 Å². The minimum Gasteiger partial charge on any atom is -1.00 e. The van der Waals surface area contributed by atoms with Gasteiger partial charge in [0.2, 0.25) is 6.33 Å². The van der Waals surface area contributed by atoms with E-state index in [9.17, 15) is 4.79 Å². The minimum atomic E-state index is -0.634. The number of benzene rings is 1. The summed E-state index contributed by atoms with van der Waals surface area (Å²) in [4.78, 5) is 12.7. The summed E-state index contributed by atoms with van der Waals surface area (Å²) in [5.41, 5.74) is 0.866. The van der Waals surface area contributed by atoms with Crippen LogP contribution in [0.3, 0.4) is 0 Å². The molecular weight excluding hydrogens is 443 g/mol. The summed E-state index contributed by atoms with van der Waals surface area (Å²) in [6, 6.07) is 9.67. The number of esters is 1. The summed E-state index contributed by atoms with van der Waals surface area (Å²) >= 11 is 0. The van der Waals surface area contributed by atoms with E-state index in [2.05, 4.69) is 0 Å². The highest BCUT2D eigenvalue weighted by atomic mass is 127. The maximum atomic E-state index is 12.7. The van der Waals surface area contributed by atoms with Gasteiger partial charge >= 0.3 is 5.97 Å². The van der Waals surface area contributed by atoms with Gasteiger partial charge in [0.15, 0.2) is 6.10 Å². The van der Waals surface area contributed by atoms with Gasteiger partial charge in [0.05, 0.1) is 13.2 Å². The molecule has 1 heterocycles. The van der Waals surface area contributed by atoms with Gasteiger partial charge in [-0.3, -0.25) is 0 Å². The van der Waals surface area contributed by atoms with Crippen molar-refractivity contribution in [3.05, 3.63) is 54.6 Å². The molecule has 0 N–H and O–H groups in total. The molecule has 1 aliphatic rings. The number of rotatable bonds is 7. The van der Waals surface area contributed by atoms with Crippen LogP contribution in [0.15, 0.2) is 49.1 Å². The molecule has 0 radical (unpaired) electrons. The number of hydrogen-bond donors (Lipinski definition) is 0. The van der Waals surface area contributed by atoms with Gasteiger partial charge in [-0.15, -0.1) is 0 Å². The fourth-order valence-corrected chi connectivity index (χ4v) is 3.25. The van der Waals surface area contributed by atoms with Crippen LogP contribution in [-0.2, 0) is 27.9 Å². The lowest BCUT2D eigenvalue weighted by molar-refractivity contribution is -0.671. The molecule has 1 saturated carbocycles. The van der Waals surface area contributed by atoms with Gasteiger partial charge < -0.3 is 33.5 Å². The molecule has 2 aromatic rings. The first-order chi connectivity index (χ1) is 12.2. The Labute approximate surface area is 172 Å². The van der Waals surface area contributed by atoms with E-state index in [1.165, 1.54) is 19.3 Å². The Bertz CT molecular complexity index is 669. The molecule has 6 heteroatoms. The summed E-state index contributed by atoms with van der Waals surface area (Å²) in [5, 5.41) is 0. The Morgan fingerprint density at radius 3 is 2.62 bits per heavy atom. The van der Waals surface area contributed by atoms with E-state index in [4.69, 9.17) is 9.47 Å². The zero-order valence-electron chi connectivity index (χ0n) is 15.2. The van der Waals surface area contributed by atoms with Crippen molar-refractivity contribution in [3.8, 4) is 0 Å². The van der Waals surface area contributed by atoms with Crippen molar-refractivity contribution in [2.45, 2.75) is 50.9 Å². The van der Waals surface area contributed by atoms with Crippen LogP contribution in [0.1, 0.15) is 43.8 Å². The molecule has 3 rings (SSSR count). The molecule has 1 aromatic heterocycles. The lowest BCUT2D eigenvalue weighted by Gasteiger charge is -2.26. The Balaban J connectivity index is 0.00000243. The third kappa shape index (κ3) is 6.09. The molecule has 0 bridgehead atoms. The van der Waals surface area contributed by atoms with Crippen LogP contribution < -0.4 is 28.5 Å². The van der Waals surface area contributed by atoms with Gasteiger partial charge in [0.1, 0.15) is 25.5 Å². The molecule has 1 atom stereocenters. The highest BCUT2D eigenvalue weighted by Gasteiger charge is 2.27. The smallest absolute Gasteiger partial charge is 0.340 e. The predicted octanol–water partition coefficient (Wildman–Crippen LogP) is -0.0496. The summed E-state index contributed by atoms with van der Waals surface area (Å²) < 4.78 is 15.6. The van der Waals surface area contributed by atoms with Gasteiger partial charge in [-0.05, 0) is 18.4 Å². The monoisotopic (exact) mass is 470 g/mol. The van der Waals surface area contributed by atoms with Gasteiger partial charge in [0.25, 0.3) is 0 Å². The average molecular weight is 470 g/mol. The Kier molecular flexibility index (Phi) is 8.58. The van der Waals surface area contributed by atoms with Crippen LogP contribution in [0.4, 0.5) is 0 Å². The third-order valence-electron chi connectivity index (χ3n) is 4.61. The fourth-order valence-electron chi connectivity index (χ4n) is 3.25. The fraction of sp³-hybridized carbons (Fsp3) is 0.500. The van der Waals surface area contributed by atoms with Crippen molar-refractivity contribution in [1.29, 1.82) is 0 Å². The third-order valence-corrected chi connectivity index (χ3v) is 4.61. The van der Waals surface area contributed by atoms with Crippen molar-refractivity contribution in [3.63, 3.8) is 0 Å². The minimum absolute atomic E-state index is 0. The van der Waals surface area contributed by atoms with E-state index in [0.717, 1.165) is 18.4 Å². The lowest BCUT2D eigenvalue weighted by atomic mass is 9.97. The summed E-state index contributed by atoms with van der Waals surface area (Å²) in [7, 11) is 1.96. The number of imidazole rings is 1. The van der Waals surface area contributed by atoms with E-state index in [1.807, 2.05) is 65.2 Å². The summed E-state index contributed by atoms with van der Waals surface area (Å²) in [5.74, 6) is -0.298. The van der Waals surface area contributed by atoms with Crippen molar-refractivity contribution in [1.82, 2.24) is 4.57 Å². The molecule has 0 amide bonds. The molecule has 5 nitrogen and oxygen atoms in total. The molecule has 1 fully saturated rings. The van der Waals surface area contributed by atoms with Crippen LogP contribution in [0.25, 0.3) is 0 Å². The second-order valence-corrected chi connectivity index (χ2v) is 6.67. The number of aromatic nitrogens is 2. The van der Waals surface area contributed by atoms with Crippen molar-refractivity contribution in [2.24, 2.45) is 7.05 Å². The van der Waals surface area contributed by atoms with E-state index in [-0.39, 0.29) is 36.0 Å². The van der Waals surface area contributed by atoms with Crippen molar-refractivity contribution >= 4 is 5.97 Å². The molecule has 0 spiro atoms. The number of halogens is 1. The first-order valence-electron chi connectivity index (χ1n) is 9.10. The first-order valence-corrected chi connectivity index (χ1v) is 9.10. The molecule has 0 saturated heterocycles. The van der Waals surface area contributed by atoms with E-state index < -0.39 is 6.10 Å². The van der Waals surface area contributed by atoms with Gasteiger partial charge in [0, 0.05) is 0 Å². The maximum Gasteiger partial charge on any atom is 0.340 e. The molecule has 142 valence electrons. The highest BCUT2D eigenvalue weighted by Crippen LogP contribution is 2.28. The molecule has 26 heavy (non-hydrogen) atoms. The van der Waals surface area contributed by atoms with Crippen LogP contribution in [0.2, 0.25) is 0 Å². The standard InChI is InChI=1S/C20H27N2O3.HI/c1-21-12-13-22(16-21)14-15-24-20(23)19(17-8-4-2-5-9-17)25-18-10-6-3-7-11-18;/h2,4-5,8-9,12-13,16,18-19H,3,6-7,10-11,14-15H2,1H3;1H/q+1;/p-1. The number of hydrogen-bond acceptors (Lipinski definition) is 3. The van der Waals surface area contributed by atoms with E-state index in [0.29, 0.717) is 13.2 Å². The first kappa shape index (κ1) is 20.9. The largest absolute Gasteiger partial charge is 1.00 e. The molecule has 1 aromatic carbocycles. The van der Waals surface area contributed by atoms with Crippen LogP contribution in [0, 0.1) is 0 Å². The average Bonchev–Trinajstić information content (AvgIpc) is 3.06. The van der Waals surface area contributed by atoms with Gasteiger partial charge in [-0.2, -0.15) is 0 Å². The number of ether oxygens (including phenoxy) is 2. The Morgan fingerprint density at radius 1 is 1.23 bits per heavy atom. The van der Waals surface area contributed by atoms with Crippen LogP contribution in [-0.4, -0.2) is 23.2 Å². The second-order valence-electron chi connectivity index (χ2n) is 6.67. The van der Waals surface area contributed by atoms with Crippen LogP contribution >= 0.6 is 0 Å². The lowest BCUT2D eigenvalue weighted by Crippen LogP contribution is -3.00. The Hall–Kier alpha value is -1.41. The van der Waals surface area contributed by atoms with E-state index in [1.54, 1.807) is 0 Å². The quantitative estimate of drug-likeness (QED) is 0.324. The normalized spacial score (nSPS) is 15.9. The number of carbonyl (C=O) groups is 1. The zero-order valence-corrected chi connectivity index (χ0v) is 17.4. The number of carbonyl (C=O) groups excluding carboxylic acids is 1. The SMILES string of the molecule is C[n+]1ccn(CCOC(=O)C(OC2CCCCC2)c2ccccc2)c1.[I-]. The van der Waals surface area contributed by atoms with E-state index >= 15 is 0 Å². The topological polar surface area (TPSA) is 44.3 Å². The van der Waals surface area contributed by atoms with Crippen LogP contribution in [0.5, 0.6) is 0 Å². The maximum absolute atomic E-state index is 12.7. The van der Waals surface area contributed by atoms with Gasteiger partial charge in [-0.25, -0.2) is 13.9 Å². The summed E-state index contributed by atoms with van der Waals surface area (Å²) in [6.07, 6.45) is 11.0. The summed E-state index contributed by atoms with van der Waals surface area (Å²) in [6.45, 7) is 0.975. The second kappa shape index (κ2) is 10.7. The highest BCUT2D eigenvalue weighted by molar-refractivity contribution is 5.76. The molecular formula is C20H27IN2O3. The molecule has 1 aliphatic carbocycles. The Morgan fingerprint density at radius 2 is 1.96 bits per heavy atom. The molecule has 0 aliphatic heterocycles. The zero-order chi connectivity index (χ0) is 17.5. The van der Waals surface area contributed by atoms with Crippen molar-refractivity contribution < 1.29 is 42.8 Å².